The van der Waals surface area contributed by atoms with E-state index >= 15 is 0 Å². The summed E-state index contributed by atoms with van der Waals surface area (Å²) in [6, 6.07) is 0. The van der Waals surface area contributed by atoms with Crippen LogP contribution in [0.25, 0.3) is 0 Å². The van der Waals surface area contributed by atoms with Crippen LogP contribution in [0.1, 0.15) is 12.8 Å². The van der Waals surface area contributed by atoms with Crippen LogP contribution in [-0.2, 0) is 4.74 Å². The van der Waals surface area contributed by atoms with Gasteiger partial charge in [0.1, 0.15) is 0 Å². The zero-order chi connectivity index (χ0) is 6.77. The second-order valence-electron chi connectivity index (χ2n) is 3.90. The molecule has 3 aliphatic rings. The van der Waals surface area contributed by atoms with Crippen molar-refractivity contribution in [2.24, 2.45) is 17.3 Å². The van der Waals surface area contributed by atoms with Gasteiger partial charge in [-0.15, -0.1) is 0 Å². The average Bonchev–Trinajstić information content (AvgIpc) is 2.60. The first-order chi connectivity index (χ1) is 4.87. The molecule has 0 bridgehead atoms. The number of methoxy groups -OCH3 is 1. The second-order valence-corrected chi connectivity index (χ2v) is 3.90. The first-order valence-corrected chi connectivity index (χ1v) is 4.09. The average molecular weight is 136 g/mol. The van der Waals surface area contributed by atoms with Gasteiger partial charge in [0, 0.05) is 12.5 Å². The highest BCUT2D eigenvalue weighted by Crippen LogP contribution is 2.72. The van der Waals surface area contributed by atoms with E-state index < -0.39 is 0 Å². The Hall–Kier alpha value is -0.300. The third-order valence-electron chi connectivity index (χ3n) is 3.67. The summed E-state index contributed by atoms with van der Waals surface area (Å²) in [6.45, 7) is 0. The van der Waals surface area contributed by atoms with Crippen LogP contribution in [-0.4, -0.2) is 13.2 Å². The van der Waals surface area contributed by atoms with E-state index in [1.165, 1.54) is 12.8 Å². The quantitative estimate of drug-likeness (QED) is 0.497. The Labute approximate surface area is 61.1 Å². The van der Waals surface area contributed by atoms with E-state index in [0.717, 1.165) is 11.8 Å². The van der Waals surface area contributed by atoms with Crippen LogP contribution >= 0.6 is 0 Å². The predicted molar refractivity (Wildman–Crippen MR) is 38.6 cm³/mol. The molecule has 0 aromatic rings. The zero-order valence-electron chi connectivity index (χ0n) is 6.21. The van der Waals surface area contributed by atoms with Crippen molar-refractivity contribution in [3.63, 3.8) is 0 Å². The van der Waals surface area contributed by atoms with Crippen molar-refractivity contribution in [2.45, 2.75) is 18.9 Å². The fraction of sp³-hybridized carbons (Fsp3) is 0.778. The summed E-state index contributed by atoms with van der Waals surface area (Å²) in [6.07, 6.45) is 8.05. The maximum atomic E-state index is 5.40. The standard InChI is InChI=1S/C9H12O/c1-10-8-4-6-2-3-9(6)5-7(8)9/h2-3,6-8H,4-5H2,1H3. The van der Waals surface area contributed by atoms with Gasteiger partial charge in [0.25, 0.3) is 0 Å². The maximum Gasteiger partial charge on any atom is 0.0614 e. The Balaban J connectivity index is 1.91. The van der Waals surface area contributed by atoms with Crippen LogP contribution in [0, 0.1) is 17.3 Å². The van der Waals surface area contributed by atoms with Gasteiger partial charge in [-0.25, -0.2) is 0 Å². The lowest BCUT2D eigenvalue weighted by molar-refractivity contribution is 0.0879. The third kappa shape index (κ3) is 0.367. The summed E-state index contributed by atoms with van der Waals surface area (Å²) in [5, 5.41) is 0. The van der Waals surface area contributed by atoms with Crippen molar-refractivity contribution in [3.8, 4) is 0 Å². The SMILES string of the molecule is COC1CC2C=CC23CC13. The molecule has 4 unspecified atom stereocenters. The summed E-state index contributed by atoms with van der Waals surface area (Å²) >= 11 is 0. The molecule has 0 saturated heterocycles. The van der Waals surface area contributed by atoms with Gasteiger partial charge in [-0.3, -0.25) is 0 Å². The zero-order valence-corrected chi connectivity index (χ0v) is 6.21. The number of allylic oxidation sites excluding steroid dienone is 2. The van der Waals surface area contributed by atoms with Gasteiger partial charge in [0.15, 0.2) is 0 Å². The largest absolute Gasteiger partial charge is 0.381 e. The Morgan fingerprint density at radius 2 is 2.50 bits per heavy atom. The van der Waals surface area contributed by atoms with E-state index in [1.807, 2.05) is 7.11 Å². The molecule has 54 valence electrons. The van der Waals surface area contributed by atoms with E-state index in [1.54, 1.807) is 0 Å². The van der Waals surface area contributed by atoms with Crippen LogP contribution in [0.3, 0.4) is 0 Å². The summed E-state index contributed by atoms with van der Waals surface area (Å²) < 4.78 is 5.40. The minimum Gasteiger partial charge on any atom is -0.381 e. The highest BCUT2D eigenvalue weighted by atomic mass is 16.5. The fourth-order valence-electron chi connectivity index (χ4n) is 2.87. The molecule has 1 spiro atoms. The number of rotatable bonds is 1. The van der Waals surface area contributed by atoms with E-state index in [4.69, 9.17) is 4.74 Å². The summed E-state index contributed by atoms with van der Waals surface area (Å²) in [5.74, 6) is 1.79. The van der Waals surface area contributed by atoms with Gasteiger partial charge in [-0.1, -0.05) is 12.2 Å². The van der Waals surface area contributed by atoms with Crippen molar-refractivity contribution in [1.29, 1.82) is 0 Å². The smallest absolute Gasteiger partial charge is 0.0614 e. The molecule has 2 saturated carbocycles. The van der Waals surface area contributed by atoms with E-state index in [0.29, 0.717) is 11.5 Å². The molecule has 1 heteroatoms. The minimum atomic E-state index is 0.583. The van der Waals surface area contributed by atoms with Gasteiger partial charge in [-0.2, -0.15) is 0 Å². The molecule has 0 aliphatic heterocycles. The minimum absolute atomic E-state index is 0.583. The second kappa shape index (κ2) is 1.33. The van der Waals surface area contributed by atoms with Gasteiger partial charge in [-0.05, 0) is 24.7 Å². The maximum absolute atomic E-state index is 5.40. The molecular weight excluding hydrogens is 124 g/mol. The number of ether oxygens (including phenoxy) is 1. The molecular formula is C9H12O. The Morgan fingerprint density at radius 3 is 2.80 bits per heavy atom. The molecule has 0 amide bonds. The van der Waals surface area contributed by atoms with Gasteiger partial charge >= 0.3 is 0 Å². The summed E-state index contributed by atoms with van der Waals surface area (Å²) in [5.41, 5.74) is 0.667. The van der Waals surface area contributed by atoms with E-state index in [9.17, 15) is 0 Å². The molecule has 3 rings (SSSR count). The molecule has 0 heterocycles. The highest BCUT2D eigenvalue weighted by Gasteiger charge is 2.68. The topological polar surface area (TPSA) is 9.23 Å². The molecule has 4 atom stereocenters. The van der Waals surface area contributed by atoms with Gasteiger partial charge < -0.3 is 4.74 Å². The van der Waals surface area contributed by atoms with Crippen molar-refractivity contribution < 1.29 is 4.74 Å². The van der Waals surface area contributed by atoms with Crippen molar-refractivity contribution in [3.05, 3.63) is 12.2 Å². The molecule has 0 N–H and O–H groups in total. The number of hydrogen-bond acceptors (Lipinski definition) is 1. The van der Waals surface area contributed by atoms with Crippen molar-refractivity contribution in [1.82, 2.24) is 0 Å². The molecule has 2 fully saturated rings. The van der Waals surface area contributed by atoms with Crippen LogP contribution < -0.4 is 0 Å². The first kappa shape index (κ1) is 5.36. The summed E-state index contributed by atoms with van der Waals surface area (Å²) in [7, 11) is 1.85. The molecule has 10 heavy (non-hydrogen) atoms. The Kier molecular flexibility index (Phi) is 0.713. The molecule has 0 aromatic heterocycles. The van der Waals surface area contributed by atoms with Crippen LogP contribution in [0.2, 0.25) is 0 Å². The molecule has 3 aliphatic carbocycles. The fourth-order valence-corrected chi connectivity index (χ4v) is 2.87. The van der Waals surface area contributed by atoms with Crippen LogP contribution in [0.5, 0.6) is 0 Å². The monoisotopic (exact) mass is 136 g/mol. The van der Waals surface area contributed by atoms with Gasteiger partial charge in [0.05, 0.1) is 6.10 Å². The lowest BCUT2D eigenvalue weighted by Gasteiger charge is -2.24. The Morgan fingerprint density at radius 1 is 1.60 bits per heavy atom. The lowest BCUT2D eigenvalue weighted by Crippen LogP contribution is -2.16. The van der Waals surface area contributed by atoms with Crippen molar-refractivity contribution in [2.75, 3.05) is 7.11 Å². The van der Waals surface area contributed by atoms with Crippen molar-refractivity contribution >= 4 is 0 Å². The van der Waals surface area contributed by atoms with Gasteiger partial charge in [0.2, 0.25) is 0 Å². The van der Waals surface area contributed by atoms with E-state index in [-0.39, 0.29) is 0 Å². The van der Waals surface area contributed by atoms with Crippen LogP contribution in [0.15, 0.2) is 12.2 Å². The number of hydrogen-bond donors (Lipinski definition) is 0. The first-order valence-electron chi connectivity index (χ1n) is 4.09. The third-order valence-corrected chi connectivity index (χ3v) is 3.67. The molecule has 1 nitrogen and oxygen atoms in total. The lowest BCUT2D eigenvalue weighted by atomic mass is 9.80. The predicted octanol–water partition coefficient (Wildman–Crippen LogP) is 1.60. The molecule has 0 radical (unpaired) electrons. The van der Waals surface area contributed by atoms with E-state index in [2.05, 4.69) is 12.2 Å². The highest BCUT2D eigenvalue weighted by molar-refractivity contribution is 5.34. The molecule has 0 aromatic carbocycles. The summed E-state index contributed by atoms with van der Waals surface area (Å²) in [4.78, 5) is 0. The normalized spacial score (nSPS) is 61.1. The Bertz CT molecular complexity index is 209. The van der Waals surface area contributed by atoms with Crippen LogP contribution in [0.4, 0.5) is 0 Å².